The number of benzene rings is 1. The van der Waals surface area contributed by atoms with E-state index in [4.69, 9.17) is 0 Å². The highest BCUT2D eigenvalue weighted by atomic mass is 16.6. The number of rotatable bonds is 4. The summed E-state index contributed by atoms with van der Waals surface area (Å²) in [7, 11) is 0. The van der Waals surface area contributed by atoms with Gasteiger partial charge in [0.2, 0.25) is 0 Å². The van der Waals surface area contributed by atoms with Crippen molar-refractivity contribution in [2.75, 3.05) is 5.32 Å². The maximum atomic E-state index is 10.8. The average molecular weight is 257 g/mol. The van der Waals surface area contributed by atoms with Gasteiger partial charge in [-0.15, -0.1) is 0 Å². The van der Waals surface area contributed by atoms with E-state index in [0.29, 0.717) is 6.54 Å². The van der Waals surface area contributed by atoms with Crippen LogP contribution in [0.1, 0.15) is 16.7 Å². The number of aryl methyl sites for hydroxylation is 2. The van der Waals surface area contributed by atoms with E-state index in [1.54, 1.807) is 24.5 Å². The van der Waals surface area contributed by atoms with Gasteiger partial charge in [-0.05, 0) is 36.6 Å². The van der Waals surface area contributed by atoms with Crippen molar-refractivity contribution in [3.8, 4) is 0 Å². The van der Waals surface area contributed by atoms with Gasteiger partial charge in [-0.1, -0.05) is 6.07 Å². The number of anilines is 1. The molecule has 1 heterocycles. The molecular formula is C14H15N3O2. The molecule has 0 spiro atoms. The summed E-state index contributed by atoms with van der Waals surface area (Å²) >= 11 is 0. The Balaban J connectivity index is 2.17. The number of nitrogens with zero attached hydrogens (tertiary/aromatic N) is 2. The van der Waals surface area contributed by atoms with Crippen molar-refractivity contribution in [1.29, 1.82) is 0 Å². The third-order valence-corrected chi connectivity index (χ3v) is 3.04. The zero-order valence-corrected chi connectivity index (χ0v) is 10.9. The van der Waals surface area contributed by atoms with Gasteiger partial charge in [0.15, 0.2) is 0 Å². The van der Waals surface area contributed by atoms with E-state index in [0.717, 1.165) is 22.4 Å². The molecule has 2 rings (SSSR count). The highest BCUT2D eigenvalue weighted by Crippen LogP contribution is 2.22. The Morgan fingerprint density at radius 3 is 2.74 bits per heavy atom. The third kappa shape index (κ3) is 3.07. The molecule has 2 aromatic rings. The molecule has 19 heavy (non-hydrogen) atoms. The summed E-state index contributed by atoms with van der Waals surface area (Å²) in [5.74, 6) is 0. The van der Waals surface area contributed by atoms with Crippen LogP contribution in [0.15, 0.2) is 36.7 Å². The quantitative estimate of drug-likeness (QED) is 0.674. The predicted molar refractivity (Wildman–Crippen MR) is 74.1 cm³/mol. The molecule has 0 saturated heterocycles. The van der Waals surface area contributed by atoms with Gasteiger partial charge < -0.3 is 5.32 Å². The Labute approximate surface area is 111 Å². The number of aromatic nitrogens is 1. The number of hydrogen-bond donors (Lipinski definition) is 1. The minimum absolute atomic E-state index is 0.0968. The second-order valence-electron chi connectivity index (χ2n) is 4.41. The molecule has 1 aromatic heterocycles. The number of nitro benzene ring substituents is 1. The smallest absolute Gasteiger partial charge is 0.271 e. The summed E-state index contributed by atoms with van der Waals surface area (Å²) in [5, 5.41) is 14.0. The van der Waals surface area contributed by atoms with Gasteiger partial charge in [-0.25, -0.2) is 0 Å². The van der Waals surface area contributed by atoms with E-state index in [-0.39, 0.29) is 10.6 Å². The normalized spacial score (nSPS) is 10.2. The molecular weight excluding hydrogens is 242 g/mol. The van der Waals surface area contributed by atoms with Crippen LogP contribution in [-0.2, 0) is 6.54 Å². The molecule has 5 heteroatoms. The van der Waals surface area contributed by atoms with Crippen molar-refractivity contribution in [3.63, 3.8) is 0 Å². The van der Waals surface area contributed by atoms with Crippen molar-refractivity contribution < 1.29 is 4.92 Å². The summed E-state index contributed by atoms with van der Waals surface area (Å²) in [6, 6.07) is 6.76. The van der Waals surface area contributed by atoms with Crippen LogP contribution in [0.4, 0.5) is 11.4 Å². The van der Waals surface area contributed by atoms with Crippen LogP contribution in [-0.4, -0.2) is 9.91 Å². The maximum absolute atomic E-state index is 10.8. The SMILES string of the molecule is Cc1cnccc1CNc1cc([N+](=O)[O-])ccc1C. The largest absolute Gasteiger partial charge is 0.381 e. The fourth-order valence-corrected chi connectivity index (χ4v) is 1.80. The molecule has 0 saturated carbocycles. The van der Waals surface area contributed by atoms with E-state index in [1.807, 2.05) is 19.9 Å². The van der Waals surface area contributed by atoms with Crippen LogP contribution in [0.3, 0.4) is 0 Å². The fraction of sp³-hybridized carbons (Fsp3) is 0.214. The highest BCUT2D eigenvalue weighted by Gasteiger charge is 2.08. The maximum Gasteiger partial charge on any atom is 0.271 e. The molecule has 0 aliphatic heterocycles. The van der Waals surface area contributed by atoms with Crippen LogP contribution in [0.25, 0.3) is 0 Å². The molecule has 1 aromatic carbocycles. The van der Waals surface area contributed by atoms with Gasteiger partial charge in [-0.2, -0.15) is 0 Å². The van der Waals surface area contributed by atoms with Crippen LogP contribution in [0.5, 0.6) is 0 Å². The summed E-state index contributed by atoms with van der Waals surface area (Å²) in [6.07, 6.45) is 3.54. The number of nitro groups is 1. The first-order valence-electron chi connectivity index (χ1n) is 5.96. The summed E-state index contributed by atoms with van der Waals surface area (Å²) in [5.41, 5.74) is 4.08. The lowest BCUT2D eigenvalue weighted by atomic mass is 10.1. The van der Waals surface area contributed by atoms with E-state index in [2.05, 4.69) is 10.3 Å². The van der Waals surface area contributed by atoms with Crippen molar-refractivity contribution in [2.24, 2.45) is 0 Å². The Bertz CT molecular complexity index is 611. The summed E-state index contributed by atoms with van der Waals surface area (Å²) < 4.78 is 0. The third-order valence-electron chi connectivity index (χ3n) is 3.04. The molecule has 0 unspecified atom stereocenters. The van der Waals surface area contributed by atoms with Gasteiger partial charge in [0.1, 0.15) is 0 Å². The molecule has 1 N–H and O–H groups in total. The fourth-order valence-electron chi connectivity index (χ4n) is 1.80. The Kier molecular flexibility index (Phi) is 3.75. The minimum Gasteiger partial charge on any atom is -0.381 e. The number of nitrogens with one attached hydrogen (secondary N) is 1. The van der Waals surface area contributed by atoms with Crippen molar-refractivity contribution in [2.45, 2.75) is 20.4 Å². The van der Waals surface area contributed by atoms with Gasteiger partial charge in [0, 0.05) is 36.8 Å². The lowest BCUT2D eigenvalue weighted by molar-refractivity contribution is -0.384. The molecule has 98 valence electrons. The van der Waals surface area contributed by atoms with E-state index in [9.17, 15) is 10.1 Å². The molecule has 0 bridgehead atoms. The monoisotopic (exact) mass is 257 g/mol. The van der Waals surface area contributed by atoms with Crippen LogP contribution < -0.4 is 5.32 Å². The Hall–Kier alpha value is -2.43. The zero-order chi connectivity index (χ0) is 13.8. The topological polar surface area (TPSA) is 68.1 Å². The highest BCUT2D eigenvalue weighted by molar-refractivity contribution is 5.57. The van der Waals surface area contributed by atoms with Crippen LogP contribution in [0, 0.1) is 24.0 Å². The first-order valence-corrected chi connectivity index (χ1v) is 5.96. The van der Waals surface area contributed by atoms with Crippen molar-refractivity contribution in [3.05, 3.63) is 63.5 Å². The first kappa shape index (κ1) is 13.0. The van der Waals surface area contributed by atoms with E-state index < -0.39 is 0 Å². The molecule has 0 aliphatic rings. The van der Waals surface area contributed by atoms with Crippen LogP contribution >= 0.6 is 0 Å². The van der Waals surface area contributed by atoms with E-state index >= 15 is 0 Å². The zero-order valence-electron chi connectivity index (χ0n) is 10.9. The minimum atomic E-state index is -0.387. The lowest BCUT2D eigenvalue weighted by Gasteiger charge is -2.10. The second-order valence-corrected chi connectivity index (χ2v) is 4.41. The van der Waals surface area contributed by atoms with Gasteiger partial charge in [0.25, 0.3) is 5.69 Å². The first-order chi connectivity index (χ1) is 9.08. The number of pyridine rings is 1. The number of non-ortho nitro benzene ring substituents is 1. The molecule has 0 atom stereocenters. The molecule has 5 nitrogen and oxygen atoms in total. The van der Waals surface area contributed by atoms with Gasteiger partial charge >= 0.3 is 0 Å². The van der Waals surface area contributed by atoms with Gasteiger partial charge in [-0.3, -0.25) is 15.1 Å². The molecule has 0 aliphatic carbocycles. The van der Waals surface area contributed by atoms with Crippen LogP contribution in [0.2, 0.25) is 0 Å². The summed E-state index contributed by atoms with van der Waals surface area (Å²) in [6.45, 7) is 4.53. The van der Waals surface area contributed by atoms with Gasteiger partial charge in [0.05, 0.1) is 4.92 Å². The number of hydrogen-bond acceptors (Lipinski definition) is 4. The van der Waals surface area contributed by atoms with Crippen molar-refractivity contribution in [1.82, 2.24) is 4.98 Å². The predicted octanol–water partition coefficient (Wildman–Crippen LogP) is 3.22. The second kappa shape index (κ2) is 5.48. The lowest BCUT2D eigenvalue weighted by Crippen LogP contribution is -2.03. The average Bonchev–Trinajstić information content (AvgIpc) is 2.39. The molecule has 0 radical (unpaired) electrons. The summed E-state index contributed by atoms with van der Waals surface area (Å²) in [4.78, 5) is 14.4. The standard InChI is InChI=1S/C14H15N3O2/c1-10-3-4-13(17(18)19)7-14(10)16-9-12-5-6-15-8-11(12)2/h3-8,16H,9H2,1-2H3. The van der Waals surface area contributed by atoms with Crippen molar-refractivity contribution >= 4 is 11.4 Å². The Morgan fingerprint density at radius 2 is 2.05 bits per heavy atom. The molecule has 0 fully saturated rings. The Morgan fingerprint density at radius 1 is 1.26 bits per heavy atom. The van der Waals surface area contributed by atoms with E-state index in [1.165, 1.54) is 6.07 Å². The molecule has 0 amide bonds.